The number of rotatable bonds is 18. The molecule has 0 saturated carbocycles. The van der Waals surface area contributed by atoms with Crippen molar-refractivity contribution in [2.75, 3.05) is 33.0 Å². The highest BCUT2D eigenvalue weighted by Gasteiger charge is 2.17. The van der Waals surface area contributed by atoms with E-state index < -0.39 is 11.5 Å². The van der Waals surface area contributed by atoms with E-state index >= 15 is 0 Å². The van der Waals surface area contributed by atoms with Crippen LogP contribution in [-0.2, 0) is 32.1 Å². The van der Waals surface area contributed by atoms with Crippen LogP contribution >= 0.6 is 0 Å². The van der Waals surface area contributed by atoms with Gasteiger partial charge >= 0.3 is 0 Å². The van der Waals surface area contributed by atoms with Gasteiger partial charge in [0.25, 0.3) is 0 Å². The maximum Gasteiger partial charge on any atom is 0.200 e. The van der Waals surface area contributed by atoms with Crippen LogP contribution in [0.4, 0.5) is 0 Å². The van der Waals surface area contributed by atoms with Crippen LogP contribution in [0.2, 0.25) is 0 Å². The third-order valence-corrected chi connectivity index (χ3v) is 20.5. The van der Waals surface area contributed by atoms with Gasteiger partial charge in [-0.15, -0.1) is 0 Å². The van der Waals surface area contributed by atoms with E-state index in [1.165, 1.54) is 102 Å². The van der Waals surface area contributed by atoms with E-state index in [-0.39, 0.29) is 214 Å². The van der Waals surface area contributed by atoms with Gasteiger partial charge in [0.15, 0.2) is 40.2 Å². The first kappa shape index (κ1) is 126. The minimum atomic E-state index is -0.541. The molecule has 0 heterocycles. The second-order valence-electron chi connectivity index (χ2n) is 34.6. The maximum absolute atomic E-state index is 9.32. The van der Waals surface area contributed by atoms with Crippen molar-refractivity contribution in [1.82, 2.24) is 0 Å². The summed E-state index contributed by atoms with van der Waals surface area (Å²) in [4.78, 5) is 0. The summed E-state index contributed by atoms with van der Waals surface area (Å²) in [5, 5.41) is 289. The Kier molecular flexibility index (Phi) is 57.3. The summed E-state index contributed by atoms with van der Waals surface area (Å²) in [7, 11) is 0. The molecule has 32 nitrogen and oxygen atoms in total. The molecule has 0 aliphatic carbocycles. The minimum absolute atomic E-state index is 0.00231. The van der Waals surface area contributed by atoms with Crippen LogP contribution in [0.25, 0.3) is 0 Å². The quantitative estimate of drug-likeness (QED) is 0.0280. The SMILES string of the molecule is CC(C)c1c(O)cc(O)cc1O.CC(C)c1c(O)cccc1O.CC(C)c1cc(O)ccc1O.CC(C)c1ccc(O)cc1.CC(C)c1ccc(O)cc1O.CC(C)c1cccc(O)c1.CC(C)c1cccc(O)c1O.CC(C)c1ccccc1O.OCCc1c(O)cc(O)cc1O.OCCc1c(O)cccc1O.OCCc1cc(O)c(O)c(O)c1.OCCc1cc(O)ccc1O.OCCc1ccc(O)c(O)c1O. The highest BCUT2D eigenvalue weighted by molar-refractivity contribution is 5.56. The zero-order valence-electron chi connectivity index (χ0n) is 83.9. The van der Waals surface area contributed by atoms with Gasteiger partial charge in [-0.25, -0.2) is 0 Å². The molecule has 144 heavy (non-hydrogen) atoms. The van der Waals surface area contributed by atoms with E-state index in [0.717, 1.165) is 34.4 Å². The highest BCUT2D eigenvalue weighted by atomic mass is 16.3. The van der Waals surface area contributed by atoms with E-state index in [4.69, 9.17) is 107 Å². The number of phenolic OH excluding ortho intramolecular Hbond substituents is 27. The summed E-state index contributed by atoms with van der Waals surface area (Å²) >= 11 is 0. The molecule has 13 aromatic rings. The van der Waals surface area contributed by atoms with Crippen LogP contribution in [0.15, 0.2) is 231 Å². The molecule has 32 heteroatoms. The lowest BCUT2D eigenvalue weighted by molar-refractivity contribution is 0.294. The summed E-state index contributed by atoms with van der Waals surface area (Å²) in [5.74, 6) is 1.31. The van der Waals surface area contributed by atoms with Crippen molar-refractivity contribution in [3.8, 4) is 155 Å². The molecule has 0 spiro atoms. The van der Waals surface area contributed by atoms with Crippen molar-refractivity contribution in [1.29, 1.82) is 0 Å². The Morgan fingerprint density at radius 1 is 0.167 bits per heavy atom. The van der Waals surface area contributed by atoms with Gasteiger partial charge in [0.2, 0.25) is 5.75 Å². The monoisotopic (exact) mass is 2000 g/mol. The molecule has 0 atom stereocenters. The van der Waals surface area contributed by atoms with Crippen molar-refractivity contribution in [3.63, 3.8) is 0 Å². The van der Waals surface area contributed by atoms with Gasteiger partial charge in [-0.05, 0) is 221 Å². The van der Waals surface area contributed by atoms with Gasteiger partial charge in [-0.3, -0.25) is 0 Å². The maximum atomic E-state index is 9.32. The molecule has 0 bridgehead atoms. The Labute approximate surface area is 840 Å². The van der Waals surface area contributed by atoms with Gasteiger partial charge in [0, 0.05) is 115 Å². The Hall–Kier alpha value is -15.7. The molecule has 786 valence electrons. The Bertz CT molecular complexity index is 5820. The Balaban J connectivity index is 0.000000780. The fourth-order valence-electron chi connectivity index (χ4n) is 12.8. The van der Waals surface area contributed by atoms with Crippen LogP contribution < -0.4 is 0 Å². The fourth-order valence-corrected chi connectivity index (χ4v) is 12.8. The summed E-state index contributed by atoms with van der Waals surface area (Å²) in [5.41, 5.74) is 9.16. The summed E-state index contributed by atoms with van der Waals surface area (Å²) in [6.07, 6.45) is 1.39. The van der Waals surface area contributed by atoms with Gasteiger partial charge < -0.3 is 163 Å². The lowest BCUT2D eigenvalue weighted by Gasteiger charge is -2.10. The average molecular weight is 2000 g/mol. The molecule has 0 aromatic heterocycles. The number of aliphatic hydroxyl groups is 5. The van der Waals surface area contributed by atoms with E-state index in [9.17, 15) is 56.2 Å². The summed E-state index contributed by atoms with van der Waals surface area (Å²) in [6, 6.07) is 59.8. The van der Waals surface area contributed by atoms with Crippen LogP contribution in [0.3, 0.4) is 0 Å². The van der Waals surface area contributed by atoms with E-state index in [0.29, 0.717) is 81.2 Å². The van der Waals surface area contributed by atoms with Gasteiger partial charge in [0.05, 0.1) is 0 Å². The average Bonchev–Trinajstić information content (AvgIpc) is 0.839. The largest absolute Gasteiger partial charge is 0.508 e. The smallest absolute Gasteiger partial charge is 0.200 e. The second kappa shape index (κ2) is 65.3. The van der Waals surface area contributed by atoms with Gasteiger partial charge in [0.1, 0.15) is 109 Å². The highest BCUT2D eigenvalue weighted by Crippen LogP contribution is 2.42. The van der Waals surface area contributed by atoms with Crippen LogP contribution in [0.1, 0.15) is 230 Å². The van der Waals surface area contributed by atoms with E-state index in [1.54, 1.807) is 84.9 Å². The first-order valence-corrected chi connectivity index (χ1v) is 46.0. The van der Waals surface area contributed by atoms with Crippen LogP contribution in [0.5, 0.6) is 155 Å². The molecule has 0 unspecified atom stereocenters. The topological polar surface area (TPSA) is 647 Å². The molecular weight excluding hydrogens is 1860 g/mol. The zero-order chi connectivity index (χ0) is 110. The number of aliphatic hydroxyl groups excluding tert-OH is 5. The van der Waals surface area contributed by atoms with Crippen molar-refractivity contribution in [3.05, 3.63) is 303 Å². The molecule has 0 amide bonds. The van der Waals surface area contributed by atoms with Crippen molar-refractivity contribution >= 4 is 0 Å². The summed E-state index contributed by atoms with van der Waals surface area (Å²) in [6.45, 7) is 31.6. The predicted molar refractivity (Wildman–Crippen MR) is 555 cm³/mol. The van der Waals surface area contributed by atoms with E-state index in [1.807, 2.05) is 112 Å². The Morgan fingerprint density at radius 2 is 0.507 bits per heavy atom. The molecular formula is C112H146O32. The zero-order valence-corrected chi connectivity index (χ0v) is 83.9. The van der Waals surface area contributed by atoms with Crippen molar-refractivity contribution in [2.24, 2.45) is 0 Å². The minimum Gasteiger partial charge on any atom is -0.508 e. The number of phenols is 27. The Morgan fingerprint density at radius 3 is 0.917 bits per heavy atom. The number of hydrogen-bond donors (Lipinski definition) is 32. The molecule has 0 aliphatic heterocycles. The molecule has 0 saturated heterocycles. The number of hydrogen-bond acceptors (Lipinski definition) is 32. The van der Waals surface area contributed by atoms with Crippen LogP contribution in [-0.4, -0.2) is 196 Å². The lowest BCUT2D eigenvalue weighted by atomic mass is 10.0. The van der Waals surface area contributed by atoms with E-state index in [2.05, 4.69) is 41.5 Å². The van der Waals surface area contributed by atoms with Crippen LogP contribution in [0, 0.1) is 0 Å². The molecule has 13 aromatic carbocycles. The standard InChI is InChI=1S/C9H12O3.4C9H12O2.3C9H12O.3C8H10O4.2C8H10O3/c1-5(2)9-7(11)3-6(10)4-8(9)12;1-6(2)8-5-7(10)3-4-9(8)11;1-6(2)8-4-3-7(10)5-9(8)11;1-6(2)9-7(10)4-3-5-8(9)11;1-6(2)7-4-3-5-8(10)9(7)11;1-7(2)8-3-5-9(10)6-4-8;1-7(2)8-4-3-5-9(10)6-8;1-7(2)8-5-3-4-6-9(8)10;9-2-1-6-7(11)3-5(10)4-8(6)12;9-2-1-5-3-6(10)8(12)7(11)4-5;9-4-3-5-1-2-6(10)8(12)7(5)11;9-4-3-6-5-7(10)1-2-8(6)11;9-5-4-6-7(10)2-1-3-8(6)11/h3-5,10-12H,1-2H3;4*3-6,10-11H,1-2H3;3*3-7,10H,1-2H3;2*3-4,9-12H,1-2H2;1-2,9-12H,3-4H2;1-2,5,9-11H,3-4H2;1-3,9-11H,4-5H2. The molecule has 0 fully saturated rings. The van der Waals surface area contributed by atoms with Gasteiger partial charge in [-0.2, -0.15) is 0 Å². The molecule has 0 aliphatic rings. The normalized spacial score (nSPS) is 10.3. The molecule has 13 rings (SSSR count). The number of benzene rings is 13. The van der Waals surface area contributed by atoms with Crippen molar-refractivity contribution < 1.29 is 163 Å². The number of aromatic hydroxyl groups is 27. The van der Waals surface area contributed by atoms with Gasteiger partial charge in [-0.1, -0.05) is 190 Å². The first-order valence-electron chi connectivity index (χ1n) is 46.0. The molecule has 32 N–H and O–H groups in total. The van der Waals surface area contributed by atoms with Crippen molar-refractivity contribution in [2.45, 2.75) is 190 Å². The molecule has 0 radical (unpaired) electrons. The third kappa shape index (κ3) is 45.7. The number of para-hydroxylation sites is 2. The summed E-state index contributed by atoms with van der Waals surface area (Å²) < 4.78 is 0. The third-order valence-electron chi connectivity index (χ3n) is 20.5. The fraction of sp³-hybridized carbons (Fsp3) is 0.304. The lowest BCUT2D eigenvalue weighted by Crippen LogP contribution is -1.91. The second-order valence-corrected chi connectivity index (χ2v) is 34.6. The first-order chi connectivity index (χ1) is 67.5. The predicted octanol–water partition coefficient (Wildman–Crippen LogP) is 20.6.